The molecule has 132 valence electrons. The van der Waals surface area contributed by atoms with Crippen LogP contribution in [0.25, 0.3) is 10.9 Å². The van der Waals surface area contributed by atoms with Crippen molar-refractivity contribution in [3.63, 3.8) is 0 Å². The number of fused-ring (bicyclic) bond motifs is 1. The molecule has 1 aromatic heterocycles. The molecule has 0 aliphatic carbocycles. The topological polar surface area (TPSA) is 85.8 Å². The molecular weight excluding hydrogens is 327 g/mol. The average Bonchev–Trinajstić information content (AvgIpc) is 2.85. The minimum Gasteiger partial charge on any atom is -0.404 e. The number of rotatable bonds is 7. The molecule has 0 saturated heterocycles. The zero-order valence-electron chi connectivity index (χ0n) is 14.3. The molecule has 1 heterocycles. The van der Waals surface area contributed by atoms with Gasteiger partial charge in [0.2, 0.25) is 0 Å². The molecule has 0 aliphatic rings. The number of H-pyrrole nitrogens is 1. The van der Waals surface area contributed by atoms with Crippen molar-refractivity contribution in [2.45, 2.75) is 32.7 Å². The number of phosphoric acid groups is 1. The van der Waals surface area contributed by atoms with Gasteiger partial charge in [0, 0.05) is 35.7 Å². The van der Waals surface area contributed by atoms with Crippen LogP contribution in [0.3, 0.4) is 0 Å². The van der Waals surface area contributed by atoms with E-state index in [2.05, 4.69) is 37.2 Å². The summed E-state index contributed by atoms with van der Waals surface area (Å²) in [5.41, 5.74) is 1.76. The molecule has 0 spiro atoms. The molecule has 0 bridgehead atoms. The van der Waals surface area contributed by atoms with Crippen LogP contribution in [0.2, 0.25) is 0 Å². The number of phosphoric ester groups is 1. The molecule has 2 rings (SSSR count). The van der Waals surface area contributed by atoms with Crippen LogP contribution in [0.5, 0.6) is 5.75 Å². The van der Waals surface area contributed by atoms with Crippen LogP contribution in [-0.4, -0.2) is 38.3 Å². The quantitative estimate of drug-likeness (QED) is 0.525. The van der Waals surface area contributed by atoms with Crippen molar-refractivity contribution < 1.29 is 18.9 Å². The Morgan fingerprint density at radius 3 is 2.67 bits per heavy atom. The van der Waals surface area contributed by atoms with E-state index < -0.39 is 7.82 Å². The largest absolute Gasteiger partial charge is 0.524 e. The van der Waals surface area contributed by atoms with E-state index in [4.69, 9.17) is 14.3 Å². The van der Waals surface area contributed by atoms with Gasteiger partial charge >= 0.3 is 7.82 Å². The zero-order chi connectivity index (χ0) is 18.0. The van der Waals surface area contributed by atoms with Crippen molar-refractivity contribution in [2.75, 3.05) is 13.1 Å². The molecule has 0 unspecified atom stereocenters. The molecule has 24 heavy (non-hydrogen) atoms. The summed E-state index contributed by atoms with van der Waals surface area (Å²) < 4.78 is 16.1. The van der Waals surface area contributed by atoms with E-state index in [9.17, 15) is 4.57 Å². The van der Waals surface area contributed by atoms with Gasteiger partial charge in [-0.2, -0.15) is 0 Å². The SMILES string of the molecule is C=CCN(CCc1c[nH]c2cccc(OP(=O)(O)O)c12)C(C)(C)C. The molecule has 7 heteroatoms. The standard InChI is InChI=1S/C17H25N2O4P/c1-5-10-19(17(2,3)4)11-9-13-12-18-14-7-6-8-15(16(13)14)23-24(20,21)22/h5-8,12,18H,1,9-11H2,2-4H3,(H2,20,21,22). The fourth-order valence-corrected chi connectivity index (χ4v) is 3.14. The molecule has 1 aromatic carbocycles. The molecule has 0 fully saturated rings. The fourth-order valence-electron chi connectivity index (χ4n) is 2.73. The van der Waals surface area contributed by atoms with Crippen LogP contribution < -0.4 is 4.52 Å². The fraction of sp³-hybridized carbons (Fsp3) is 0.412. The zero-order valence-corrected chi connectivity index (χ0v) is 15.2. The van der Waals surface area contributed by atoms with Gasteiger partial charge in [0.05, 0.1) is 0 Å². The number of aromatic amines is 1. The van der Waals surface area contributed by atoms with E-state index >= 15 is 0 Å². The van der Waals surface area contributed by atoms with E-state index in [0.717, 1.165) is 30.6 Å². The molecule has 0 amide bonds. The van der Waals surface area contributed by atoms with E-state index in [0.29, 0.717) is 5.39 Å². The maximum absolute atomic E-state index is 11.2. The Balaban J connectivity index is 2.29. The molecule has 0 radical (unpaired) electrons. The van der Waals surface area contributed by atoms with Gasteiger partial charge in [0.15, 0.2) is 0 Å². The van der Waals surface area contributed by atoms with Crippen molar-refractivity contribution in [2.24, 2.45) is 0 Å². The highest BCUT2D eigenvalue weighted by atomic mass is 31.2. The summed E-state index contributed by atoms with van der Waals surface area (Å²) in [4.78, 5) is 23.7. The van der Waals surface area contributed by atoms with Crippen LogP contribution in [0.15, 0.2) is 37.1 Å². The molecule has 6 nitrogen and oxygen atoms in total. The smallest absolute Gasteiger partial charge is 0.404 e. The predicted octanol–water partition coefficient (Wildman–Crippen LogP) is 3.47. The second-order valence-electron chi connectivity index (χ2n) is 6.73. The second-order valence-corrected chi connectivity index (χ2v) is 7.89. The first-order chi connectivity index (χ1) is 11.1. The molecule has 0 saturated carbocycles. The van der Waals surface area contributed by atoms with Gasteiger partial charge in [0.25, 0.3) is 0 Å². The summed E-state index contributed by atoms with van der Waals surface area (Å²) in [5.74, 6) is 0.197. The molecule has 3 N–H and O–H groups in total. The van der Waals surface area contributed by atoms with Gasteiger partial charge in [-0.25, -0.2) is 4.57 Å². The highest BCUT2D eigenvalue weighted by molar-refractivity contribution is 7.46. The van der Waals surface area contributed by atoms with E-state index in [1.54, 1.807) is 12.1 Å². The van der Waals surface area contributed by atoms with Gasteiger partial charge in [-0.3, -0.25) is 14.7 Å². The van der Waals surface area contributed by atoms with Crippen molar-refractivity contribution >= 4 is 18.7 Å². The van der Waals surface area contributed by atoms with E-state index in [-0.39, 0.29) is 11.3 Å². The van der Waals surface area contributed by atoms with E-state index in [1.807, 2.05) is 18.3 Å². The number of benzene rings is 1. The third kappa shape index (κ3) is 4.71. The number of nitrogens with one attached hydrogen (secondary N) is 1. The molecule has 2 aromatic rings. The van der Waals surface area contributed by atoms with Crippen molar-refractivity contribution in [3.8, 4) is 5.75 Å². The minimum absolute atomic E-state index is 0.00549. The Morgan fingerprint density at radius 2 is 2.08 bits per heavy atom. The highest BCUT2D eigenvalue weighted by Gasteiger charge is 2.22. The summed E-state index contributed by atoms with van der Waals surface area (Å²) in [6, 6.07) is 5.13. The lowest BCUT2D eigenvalue weighted by molar-refractivity contribution is 0.156. The summed E-state index contributed by atoms with van der Waals surface area (Å²) >= 11 is 0. The number of hydrogen-bond acceptors (Lipinski definition) is 3. The lowest BCUT2D eigenvalue weighted by Gasteiger charge is -2.34. The maximum atomic E-state index is 11.2. The average molecular weight is 352 g/mol. The monoisotopic (exact) mass is 352 g/mol. The summed E-state index contributed by atoms with van der Waals surface area (Å²) in [5, 5.41) is 0.716. The van der Waals surface area contributed by atoms with Crippen molar-refractivity contribution in [1.82, 2.24) is 9.88 Å². The number of aromatic nitrogens is 1. The molecule has 0 atom stereocenters. The summed E-state index contributed by atoms with van der Waals surface area (Å²) in [6.07, 6.45) is 4.47. The third-order valence-electron chi connectivity index (χ3n) is 3.92. The Morgan fingerprint density at radius 1 is 1.38 bits per heavy atom. The van der Waals surface area contributed by atoms with Gasteiger partial charge in [-0.05, 0) is 44.9 Å². The minimum atomic E-state index is -4.60. The predicted molar refractivity (Wildman–Crippen MR) is 96.2 cm³/mol. The maximum Gasteiger partial charge on any atom is 0.524 e. The van der Waals surface area contributed by atoms with Crippen LogP contribution in [-0.2, 0) is 11.0 Å². The molecule has 0 aliphatic heterocycles. The van der Waals surface area contributed by atoms with Crippen LogP contribution in [0, 0.1) is 0 Å². The van der Waals surface area contributed by atoms with Gasteiger partial charge < -0.3 is 9.51 Å². The number of hydrogen-bond donors (Lipinski definition) is 3. The van der Waals surface area contributed by atoms with Crippen LogP contribution in [0.4, 0.5) is 0 Å². The summed E-state index contributed by atoms with van der Waals surface area (Å²) in [7, 11) is -4.60. The van der Waals surface area contributed by atoms with E-state index in [1.165, 1.54) is 0 Å². The normalized spacial score (nSPS) is 12.8. The first-order valence-electron chi connectivity index (χ1n) is 7.82. The van der Waals surface area contributed by atoms with Gasteiger partial charge in [-0.15, -0.1) is 6.58 Å². The second kappa shape index (κ2) is 7.11. The third-order valence-corrected chi connectivity index (χ3v) is 4.35. The van der Waals surface area contributed by atoms with Gasteiger partial charge in [0.1, 0.15) is 5.75 Å². The Labute approximate surface area is 142 Å². The lowest BCUT2D eigenvalue weighted by atomic mass is 10.0. The molecular formula is C17H25N2O4P. The summed E-state index contributed by atoms with van der Waals surface area (Å²) in [6.45, 7) is 11.8. The Hall–Kier alpha value is -1.59. The van der Waals surface area contributed by atoms with Crippen molar-refractivity contribution in [3.05, 3.63) is 42.6 Å². The Kier molecular flexibility index (Phi) is 5.56. The lowest BCUT2D eigenvalue weighted by Crippen LogP contribution is -2.42. The first-order valence-corrected chi connectivity index (χ1v) is 9.35. The van der Waals surface area contributed by atoms with Crippen LogP contribution >= 0.6 is 7.82 Å². The number of nitrogens with zero attached hydrogens (tertiary/aromatic N) is 1. The van der Waals surface area contributed by atoms with Gasteiger partial charge in [-0.1, -0.05) is 12.1 Å². The first kappa shape index (κ1) is 18.7. The van der Waals surface area contributed by atoms with Crippen molar-refractivity contribution in [1.29, 1.82) is 0 Å². The Bertz CT molecular complexity index is 758. The van der Waals surface area contributed by atoms with Crippen LogP contribution in [0.1, 0.15) is 26.3 Å². The highest BCUT2D eigenvalue weighted by Crippen LogP contribution is 2.41.